The number of aliphatic carboxylic acids is 1. The van der Waals surface area contributed by atoms with Gasteiger partial charge in [-0.2, -0.15) is 0 Å². The lowest BCUT2D eigenvalue weighted by Gasteiger charge is -2.08. The molecule has 1 atom stereocenters. The number of carboxylic acid groups (broad SMARTS) is 1. The largest absolute Gasteiger partial charge is 0.496 e. The molecule has 0 saturated heterocycles. The number of rotatable bonds is 6. The predicted octanol–water partition coefficient (Wildman–Crippen LogP) is 3.27. The number of anilines is 1. The van der Waals surface area contributed by atoms with Gasteiger partial charge in [-0.15, -0.1) is 11.3 Å². The lowest BCUT2D eigenvalue weighted by atomic mass is 10.0. The number of thiophene rings is 1. The van der Waals surface area contributed by atoms with E-state index in [9.17, 15) is 9.59 Å². The zero-order chi connectivity index (χ0) is 16.1. The molecule has 1 aromatic heterocycles. The topological polar surface area (TPSA) is 75.6 Å². The molecule has 1 amide bonds. The van der Waals surface area contributed by atoms with E-state index in [0.717, 1.165) is 5.56 Å². The lowest BCUT2D eigenvalue weighted by molar-refractivity contribution is -0.141. The molecule has 0 fully saturated rings. The molecule has 1 aromatic carbocycles. The Morgan fingerprint density at radius 1 is 1.32 bits per heavy atom. The third kappa shape index (κ3) is 4.08. The van der Waals surface area contributed by atoms with Gasteiger partial charge < -0.3 is 15.2 Å². The fourth-order valence-electron chi connectivity index (χ4n) is 1.90. The number of benzene rings is 1. The van der Waals surface area contributed by atoms with E-state index in [-0.39, 0.29) is 5.91 Å². The van der Waals surface area contributed by atoms with E-state index in [1.807, 2.05) is 12.1 Å². The molecule has 0 radical (unpaired) electrons. The van der Waals surface area contributed by atoms with Crippen molar-refractivity contribution in [1.82, 2.24) is 0 Å². The minimum absolute atomic E-state index is 0.194. The van der Waals surface area contributed by atoms with Crippen molar-refractivity contribution < 1.29 is 19.4 Å². The van der Waals surface area contributed by atoms with E-state index in [1.54, 1.807) is 37.6 Å². The molecule has 0 aliphatic rings. The Morgan fingerprint density at radius 3 is 2.55 bits per heavy atom. The summed E-state index contributed by atoms with van der Waals surface area (Å²) in [5.74, 6) is -0.781. The van der Waals surface area contributed by atoms with Crippen molar-refractivity contribution in [3.8, 4) is 5.75 Å². The van der Waals surface area contributed by atoms with E-state index in [4.69, 9.17) is 9.84 Å². The van der Waals surface area contributed by atoms with Crippen LogP contribution in [0.5, 0.6) is 5.75 Å². The van der Waals surface area contributed by atoms with Crippen LogP contribution in [0.15, 0.2) is 35.7 Å². The van der Waals surface area contributed by atoms with Gasteiger partial charge in [0.1, 0.15) is 5.75 Å². The summed E-state index contributed by atoms with van der Waals surface area (Å²) >= 11 is 1.31. The van der Waals surface area contributed by atoms with Crippen LogP contribution in [0, 0.1) is 5.92 Å². The SMILES string of the molecule is COc1csc(C(=O)Nc2ccc(CC(C)C(=O)O)cc2)c1. The Bertz CT molecular complexity index is 663. The van der Waals surface area contributed by atoms with Crippen LogP contribution in [0.25, 0.3) is 0 Å². The van der Waals surface area contributed by atoms with Crippen molar-refractivity contribution in [2.45, 2.75) is 13.3 Å². The molecular weight excluding hydrogens is 302 g/mol. The first-order valence-electron chi connectivity index (χ1n) is 6.75. The molecule has 2 N–H and O–H groups in total. The van der Waals surface area contributed by atoms with E-state index in [2.05, 4.69) is 5.32 Å². The van der Waals surface area contributed by atoms with Crippen LogP contribution < -0.4 is 10.1 Å². The molecule has 6 heteroatoms. The van der Waals surface area contributed by atoms with Gasteiger partial charge in [0.25, 0.3) is 5.91 Å². The van der Waals surface area contributed by atoms with Gasteiger partial charge >= 0.3 is 5.97 Å². The summed E-state index contributed by atoms with van der Waals surface area (Å²) in [4.78, 5) is 23.5. The van der Waals surface area contributed by atoms with Crippen molar-refractivity contribution in [3.05, 3.63) is 46.2 Å². The molecule has 0 bridgehead atoms. The number of methoxy groups -OCH3 is 1. The van der Waals surface area contributed by atoms with Gasteiger partial charge in [-0.3, -0.25) is 9.59 Å². The van der Waals surface area contributed by atoms with Crippen LogP contribution in [0.2, 0.25) is 0 Å². The van der Waals surface area contributed by atoms with E-state index in [0.29, 0.717) is 22.7 Å². The van der Waals surface area contributed by atoms with Gasteiger partial charge in [-0.25, -0.2) is 0 Å². The highest BCUT2D eigenvalue weighted by molar-refractivity contribution is 7.12. The fourth-order valence-corrected chi connectivity index (χ4v) is 2.65. The summed E-state index contributed by atoms with van der Waals surface area (Å²) in [5.41, 5.74) is 1.59. The van der Waals surface area contributed by atoms with Crippen molar-refractivity contribution in [2.24, 2.45) is 5.92 Å². The molecule has 22 heavy (non-hydrogen) atoms. The maximum absolute atomic E-state index is 12.1. The summed E-state index contributed by atoms with van der Waals surface area (Å²) in [7, 11) is 1.56. The van der Waals surface area contributed by atoms with Gasteiger partial charge in [-0.05, 0) is 24.1 Å². The lowest BCUT2D eigenvalue weighted by Crippen LogP contribution is -2.12. The maximum atomic E-state index is 12.1. The zero-order valence-electron chi connectivity index (χ0n) is 12.3. The first-order valence-corrected chi connectivity index (χ1v) is 7.63. The van der Waals surface area contributed by atoms with Crippen molar-refractivity contribution in [1.29, 1.82) is 0 Å². The number of carbonyl (C=O) groups excluding carboxylic acids is 1. The molecule has 0 spiro atoms. The van der Waals surface area contributed by atoms with Crippen molar-refractivity contribution >= 4 is 28.9 Å². The molecule has 0 saturated carbocycles. The Morgan fingerprint density at radius 2 is 2.00 bits per heavy atom. The second-order valence-corrected chi connectivity index (χ2v) is 5.86. The molecule has 116 valence electrons. The Kier molecular flexibility index (Phi) is 5.16. The number of nitrogens with one attached hydrogen (secondary N) is 1. The smallest absolute Gasteiger partial charge is 0.306 e. The number of ether oxygens (including phenoxy) is 1. The summed E-state index contributed by atoms with van der Waals surface area (Å²) in [5, 5.41) is 13.5. The Balaban J connectivity index is 1.98. The standard InChI is InChI=1S/C16H17NO4S/c1-10(16(19)20)7-11-3-5-12(6-4-11)17-15(18)14-8-13(21-2)9-22-14/h3-6,8-10H,7H2,1-2H3,(H,17,18)(H,19,20). The van der Waals surface area contributed by atoms with Crippen LogP contribution in [0.3, 0.4) is 0 Å². The van der Waals surface area contributed by atoms with Crippen molar-refractivity contribution in [2.75, 3.05) is 12.4 Å². The highest BCUT2D eigenvalue weighted by Gasteiger charge is 2.12. The zero-order valence-corrected chi connectivity index (χ0v) is 13.1. The quantitative estimate of drug-likeness (QED) is 0.857. The van der Waals surface area contributed by atoms with E-state index in [1.165, 1.54) is 11.3 Å². The summed E-state index contributed by atoms with van der Waals surface area (Å²) in [6.45, 7) is 1.67. The number of carboxylic acids is 1. The number of hydrogen-bond acceptors (Lipinski definition) is 4. The molecule has 0 aliphatic heterocycles. The van der Waals surface area contributed by atoms with Gasteiger partial charge in [0, 0.05) is 17.1 Å². The minimum Gasteiger partial charge on any atom is -0.496 e. The monoisotopic (exact) mass is 319 g/mol. The molecule has 2 rings (SSSR count). The van der Waals surface area contributed by atoms with Crippen LogP contribution >= 0.6 is 11.3 Å². The fraction of sp³-hybridized carbons (Fsp3) is 0.250. The van der Waals surface area contributed by atoms with Crippen LogP contribution in [-0.4, -0.2) is 24.1 Å². The van der Waals surface area contributed by atoms with Crippen LogP contribution in [0.4, 0.5) is 5.69 Å². The Labute approximate surface area is 132 Å². The number of amides is 1. The second kappa shape index (κ2) is 7.09. The normalized spacial score (nSPS) is 11.7. The summed E-state index contributed by atoms with van der Waals surface area (Å²) in [6.07, 6.45) is 0.464. The van der Waals surface area contributed by atoms with Crippen molar-refractivity contribution in [3.63, 3.8) is 0 Å². The van der Waals surface area contributed by atoms with Crippen LogP contribution in [0.1, 0.15) is 22.2 Å². The first-order chi connectivity index (χ1) is 10.5. The third-order valence-electron chi connectivity index (χ3n) is 3.21. The highest BCUT2D eigenvalue weighted by atomic mass is 32.1. The van der Waals surface area contributed by atoms with Gasteiger partial charge in [0.15, 0.2) is 0 Å². The maximum Gasteiger partial charge on any atom is 0.306 e. The molecule has 0 aliphatic carbocycles. The minimum atomic E-state index is -0.816. The van der Waals surface area contributed by atoms with Gasteiger partial charge in [-0.1, -0.05) is 19.1 Å². The van der Waals surface area contributed by atoms with E-state index < -0.39 is 11.9 Å². The first kappa shape index (κ1) is 16.0. The molecule has 1 heterocycles. The molecule has 5 nitrogen and oxygen atoms in total. The molecule has 1 unspecified atom stereocenters. The third-order valence-corrected chi connectivity index (χ3v) is 4.12. The average molecular weight is 319 g/mol. The Hall–Kier alpha value is -2.34. The molecular formula is C16H17NO4S. The predicted molar refractivity (Wildman–Crippen MR) is 85.8 cm³/mol. The molecule has 2 aromatic rings. The van der Waals surface area contributed by atoms with E-state index >= 15 is 0 Å². The second-order valence-electron chi connectivity index (χ2n) is 4.95. The highest BCUT2D eigenvalue weighted by Crippen LogP contribution is 2.22. The van der Waals surface area contributed by atoms with Gasteiger partial charge in [0.2, 0.25) is 0 Å². The summed E-state index contributed by atoms with van der Waals surface area (Å²) in [6, 6.07) is 8.87. The number of carbonyl (C=O) groups is 2. The average Bonchev–Trinajstić information content (AvgIpc) is 2.98. The van der Waals surface area contributed by atoms with Gasteiger partial charge in [0.05, 0.1) is 17.9 Å². The van der Waals surface area contributed by atoms with Crippen LogP contribution in [-0.2, 0) is 11.2 Å². The summed E-state index contributed by atoms with van der Waals surface area (Å²) < 4.78 is 5.05. The number of hydrogen-bond donors (Lipinski definition) is 2.